The lowest BCUT2D eigenvalue weighted by atomic mass is 10.1. The molecular formula is C18H18ClN7O5. The van der Waals surface area contributed by atoms with Gasteiger partial charge in [-0.15, -0.1) is 0 Å². The molecule has 3 aromatic rings. The summed E-state index contributed by atoms with van der Waals surface area (Å²) in [5.41, 5.74) is 1.92. The third-order valence-electron chi connectivity index (χ3n) is 4.25. The number of benzene rings is 1. The Labute approximate surface area is 180 Å². The Morgan fingerprint density at radius 2 is 1.81 bits per heavy atom. The van der Waals surface area contributed by atoms with Crippen LogP contribution in [0.1, 0.15) is 38.1 Å². The highest BCUT2D eigenvalue weighted by Crippen LogP contribution is 2.26. The summed E-state index contributed by atoms with van der Waals surface area (Å²) in [6.07, 6.45) is 0. The Bertz CT molecular complexity index is 1120. The smallest absolute Gasteiger partial charge is 0.358 e. The van der Waals surface area contributed by atoms with Crippen LogP contribution < -0.4 is 10.6 Å². The van der Waals surface area contributed by atoms with E-state index in [0.717, 1.165) is 5.56 Å². The first-order valence-electron chi connectivity index (χ1n) is 9.09. The predicted octanol–water partition coefficient (Wildman–Crippen LogP) is 1.65. The maximum absolute atomic E-state index is 12.1. The fraction of sp³-hybridized carbons (Fsp3) is 0.278. The normalized spacial score (nSPS) is 10.7. The molecule has 3 rings (SSSR count). The average molecular weight is 448 g/mol. The van der Waals surface area contributed by atoms with E-state index in [0.29, 0.717) is 11.3 Å². The second kappa shape index (κ2) is 9.34. The van der Waals surface area contributed by atoms with E-state index in [1.54, 1.807) is 19.1 Å². The molecule has 12 nitrogen and oxygen atoms in total. The minimum absolute atomic E-state index is 0.0667. The van der Waals surface area contributed by atoms with Gasteiger partial charge in [-0.3, -0.25) is 9.59 Å². The maximum atomic E-state index is 12.1. The second-order valence-corrected chi connectivity index (χ2v) is 6.91. The fourth-order valence-electron chi connectivity index (χ4n) is 2.56. The first kappa shape index (κ1) is 21.9. The van der Waals surface area contributed by atoms with Crippen LogP contribution in [0.4, 0.5) is 5.82 Å². The van der Waals surface area contributed by atoms with E-state index in [2.05, 4.69) is 25.9 Å². The highest BCUT2D eigenvalue weighted by atomic mass is 35.5. The molecule has 0 spiro atoms. The molecule has 0 saturated heterocycles. The molecule has 0 saturated carbocycles. The lowest BCUT2D eigenvalue weighted by Gasteiger charge is -2.06. The Morgan fingerprint density at radius 1 is 1.16 bits per heavy atom. The Balaban J connectivity index is 1.50. The van der Waals surface area contributed by atoms with E-state index in [1.165, 1.54) is 4.68 Å². The van der Waals surface area contributed by atoms with E-state index in [1.807, 2.05) is 19.1 Å². The standard InChI is InChI=1S/C18H18ClN7O5/c1-10-3-5-12(6-4-10)16(27)20-7-8-21-17(28)18-22-13(24-31-18)9-25-11(2)14(19)15(23-25)26(29)30/h3-6H,7-9H2,1-2H3,(H,20,27)(H,21,28). The van der Waals surface area contributed by atoms with Crippen LogP contribution in [-0.4, -0.2) is 49.7 Å². The van der Waals surface area contributed by atoms with E-state index in [-0.39, 0.29) is 42.3 Å². The molecule has 0 bridgehead atoms. The van der Waals surface area contributed by atoms with Crippen LogP contribution in [0.15, 0.2) is 28.8 Å². The van der Waals surface area contributed by atoms with Crippen LogP contribution in [0.5, 0.6) is 0 Å². The molecule has 31 heavy (non-hydrogen) atoms. The second-order valence-electron chi connectivity index (χ2n) is 6.53. The van der Waals surface area contributed by atoms with Crippen molar-refractivity contribution in [3.05, 3.63) is 67.9 Å². The quantitative estimate of drug-likeness (QED) is 0.299. The molecule has 0 radical (unpaired) electrons. The van der Waals surface area contributed by atoms with Crippen LogP contribution in [0, 0.1) is 24.0 Å². The van der Waals surface area contributed by atoms with Gasteiger partial charge in [0.1, 0.15) is 6.54 Å². The topological polar surface area (TPSA) is 158 Å². The van der Waals surface area contributed by atoms with Crippen LogP contribution >= 0.6 is 11.6 Å². The van der Waals surface area contributed by atoms with Gasteiger partial charge < -0.3 is 25.3 Å². The van der Waals surface area contributed by atoms with Crippen molar-refractivity contribution in [3.8, 4) is 0 Å². The summed E-state index contributed by atoms with van der Waals surface area (Å²) in [5.74, 6) is -1.55. The summed E-state index contributed by atoms with van der Waals surface area (Å²) >= 11 is 5.89. The third-order valence-corrected chi connectivity index (χ3v) is 4.70. The third kappa shape index (κ3) is 5.22. The Morgan fingerprint density at radius 3 is 2.42 bits per heavy atom. The predicted molar refractivity (Wildman–Crippen MR) is 108 cm³/mol. The molecule has 0 atom stereocenters. The number of halogens is 1. The number of hydrogen-bond acceptors (Lipinski definition) is 8. The van der Waals surface area contributed by atoms with Crippen molar-refractivity contribution in [3.63, 3.8) is 0 Å². The van der Waals surface area contributed by atoms with Crippen molar-refractivity contribution in [2.45, 2.75) is 20.4 Å². The summed E-state index contributed by atoms with van der Waals surface area (Å²) in [6.45, 7) is 3.77. The van der Waals surface area contributed by atoms with Crippen LogP contribution in [-0.2, 0) is 6.54 Å². The number of aryl methyl sites for hydroxylation is 1. The summed E-state index contributed by atoms with van der Waals surface area (Å²) in [6, 6.07) is 7.10. The molecule has 2 N–H and O–H groups in total. The van der Waals surface area contributed by atoms with Gasteiger partial charge in [0, 0.05) is 18.7 Å². The minimum Gasteiger partial charge on any atom is -0.358 e. The van der Waals surface area contributed by atoms with Gasteiger partial charge in [0.05, 0.1) is 10.8 Å². The monoisotopic (exact) mass is 447 g/mol. The molecule has 1 aromatic carbocycles. The number of amides is 2. The Hall–Kier alpha value is -3.80. The molecule has 2 aromatic heterocycles. The van der Waals surface area contributed by atoms with Gasteiger partial charge in [-0.05, 0) is 30.9 Å². The van der Waals surface area contributed by atoms with Crippen molar-refractivity contribution in [2.75, 3.05) is 13.1 Å². The van der Waals surface area contributed by atoms with Crippen LogP contribution in [0.25, 0.3) is 0 Å². The number of rotatable bonds is 8. The van der Waals surface area contributed by atoms with Crippen molar-refractivity contribution < 1.29 is 19.0 Å². The van der Waals surface area contributed by atoms with Gasteiger partial charge in [0.15, 0.2) is 10.8 Å². The van der Waals surface area contributed by atoms with Crippen LogP contribution in [0.2, 0.25) is 5.02 Å². The highest BCUT2D eigenvalue weighted by Gasteiger charge is 2.25. The number of nitrogens with zero attached hydrogens (tertiary/aromatic N) is 5. The molecule has 13 heteroatoms. The zero-order valence-corrected chi connectivity index (χ0v) is 17.3. The van der Waals surface area contributed by atoms with Gasteiger partial charge in [-0.1, -0.05) is 34.5 Å². The number of hydrogen-bond donors (Lipinski definition) is 2. The zero-order valence-electron chi connectivity index (χ0n) is 16.6. The molecule has 0 fully saturated rings. The average Bonchev–Trinajstić information content (AvgIpc) is 3.32. The van der Waals surface area contributed by atoms with Gasteiger partial charge in [0.25, 0.3) is 5.91 Å². The van der Waals surface area contributed by atoms with E-state index in [4.69, 9.17) is 16.1 Å². The van der Waals surface area contributed by atoms with E-state index in [9.17, 15) is 19.7 Å². The molecule has 2 amide bonds. The SMILES string of the molecule is Cc1ccc(C(=O)NCCNC(=O)c2nc(Cn3nc([N+](=O)[O-])c(Cl)c3C)no2)cc1. The number of aromatic nitrogens is 4. The van der Waals surface area contributed by atoms with Crippen LogP contribution in [0.3, 0.4) is 0 Å². The van der Waals surface area contributed by atoms with Crippen molar-refractivity contribution in [2.24, 2.45) is 0 Å². The number of carbonyl (C=O) groups is 2. The van der Waals surface area contributed by atoms with Crippen molar-refractivity contribution in [1.82, 2.24) is 30.6 Å². The van der Waals surface area contributed by atoms with Gasteiger partial charge in [0.2, 0.25) is 0 Å². The van der Waals surface area contributed by atoms with Crippen molar-refractivity contribution in [1.29, 1.82) is 0 Å². The molecule has 0 unspecified atom stereocenters. The molecule has 0 aliphatic heterocycles. The van der Waals surface area contributed by atoms with Crippen molar-refractivity contribution >= 4 is 29.2 Å². The number of carbonyl (C=O) groups excluding carboxylic acids is 2. The summed E-state index contributed by atoms with van der Waals surface area (Å²) < 4.78 is 6.16. The first-order chi connectivity index (χ1) is 14.8. The lowest BCUT2D eigenvalue weighted by Crippen LogP contribution is -2.34. The number of nitrogens with one attached hydrogen (secondary N) is 2. The van der Waals surface area contributed by atoms with E-state index < -0.39 is 16.6 Å². The first-order valence-corrected chi connectivity index (χ1v) is 9.47. The number of nitro groups is 1. The van der Waals surface area contributed by atoms with E-state index >= 15 is 0 Å². The fourth-order valence-corrected chi connectivity index (χ4v) is 2.76. The zero-order chi connectivity index (χ0) is 22.5. The van der Waals surface area contributed by atoms with Gasteiger partial charge in [-0.2, -0.15) is 9.67 Å². The van der Waals surface area contributed by atoms with Gasteiger partial charge in [-0.25, -0.2) is 0 Å². The lowest BCUT2D eigenvalue weighted by molar-refractivity contribution is -0.389. The summed E-state index contributed by atoms with van der Waals surface area (Å²) in [4.78, 5) is 38.3. The van der Waals surface area contributed by atoms with Gasteiger partial charge >= 0.3 is 17.6 Å². The maximum Gasteiger partial charge on any atom is 0.408 e. The summed E-state index contributed by atoms with van der Waals surface area (Å²) in [5, 5.41) is 23.5. The Kier molecular flexibility index (Phi) is 6.60. The minimum atomic E-state index is -0.696. The summed E-state index contributed by atoms with van der Waals surface area (Å²) in [7, 11) is 0. The highest BCUT2D eigenvalue weighted by molar-refractivity contribution is 6.33. The largest absolute Gasteiger partial charge is 0.408 e. The molecule has 0 aliphatic carbocycles. The molecule has 0 aliphatic rings. The molecular weight excluding hydrogens is 430 g/mol. The molecule has 2 heterocycles. The molecule has 162 valence electrons.